The molecule has 94 valence electrons. The van der Waals surface area contributed by atoms with Gasteiger partial charge in [-0.05, 0) is 27.7 Å². The molecule has 0 unspecified atom stereocenters. The van der Waals surface area contributed by atoms with Gasteiger partial charge in [0.2, 0.25) is 0 Å². The van der Waals surface area contributed by atoms with E-state index in [-0.39, 0.29) is 0 Å². The first-order valence-corrected chi connectivity index (χ1v) is 5.32. The van der Waals surface area contributed by atoms with Gasteiger partial charge < -0.3 is 9.47 Å². The molecule has 0 saturated heterocycles. The molecule has 1 amide bonds. The average Bonchev–Trinajstić information content (AvgIpc) is 2.18. The zero-order valence-electron chi connectivity index (χ0n) is 10.8. The van der Waals surface area contributed by atoms with Crippen molar-refractivity contribution in [2.75, 3.05) is 12.4 Å². The number of rotatable bonds is 2. The maximum Gasteiger partial charge on any atom is 0.412 e. The lowest BCUT2D eigenvalue weighted by atomic mass is 10.2. The second kappa shape index (κ2) is 5.03. The molecule has 0 saturated carbocycles. The van der Waals surface area contributed by atoms with E-state index in [1.807, 2.05) is 27.7 Å². The first-order chi connectivity index (χ1) is 7.83. The van der Waals surface area contributed by atoms with E-state index >= 15 is 0 Å². The summed E-state index contributed by atoms with van der Waals surface area (Å²) in [6.45, 7) is 7.27. The molecule has 1 N–H and O–H groups in total. The number of nitrogens with one attached hydrogen (secondary N) is 1. The smallest absolute Gasteiger partial charge is 0.412 e. The summed E-state index contributed by atoms with van der Waals surface area (Å²) in [5.74, 6) is 0.624. The van der Waals surface area contributed by atoms with Crippen LogP contribution in [0.25, 0.3) is 0 Å². The monoisotopic (exact) mass is 238 g/mol. The predicted octanol–water partition coefficient (Wildman–Crippen LogP) is 2.75. The summed E-state index contributed by atoms with van der Waals surface area (Å²) >= 11 is 0. The number of methoxy groups -OCH3 is 1. The molecule has 0 spiro atoms. The van der Waals surface area contributed by atoms with E-state index in [4.69, 9.17) is 9.47 Å². The molecular weight excluding hydrogens is 220 g/mol. The Kier molecular flexibility index (Phi) is 3.93. The normalized spacial score (nSPS) is 10.9. The van der Waals surface area contributed by atoms with Crippen LogP contribution >= 0.6 is 0 Å². The number of carbonyl (C=O) groups is 1. The molecule has 1 heterocycles. The van der Waals surface area contributed by atoms with E-state index in [1.165, 1.54) is 0 Å². The zero-order valence-corrected chi connectivity index (χ0v) is 10.8. The third-order valence-corrected chi connectivity index (χ3v) is 2.02. The Morgan fingerprint density at radius 2 is 2.00 bits per heavy atom. The van der Waals surface area contributed by atoms with Crippen LogP contribution in [0.1, 0.15) is 26.3 Å². The molecule has 0 atom stereocenters. The first kappa shape index (κ1) is 13.3. The van der Waals surface area contributed by atoms with E-state index in [0.29, 0.717) is 11.4 Å². The van der Waals surface area contributed by atoms with Gasteiger partial charge >= 0.3 is 6.09 Å². The number of nitrogens with zero attached hydrogens (tertiary/aromatic N) is 1. The average molecular weight is 238 g/mol. The number of aromatic nitrogens is 1. The summed E-state index contributed by atoms with van der Waals surface area (Å²) in [5.41, 5.74) is 0.872. The number of hydrogen-bond acceptors (Lipinski definition) is 4. The van der Waals surface area contributed by atoms with Gasteiger partial charge in [-0.2, -0.15) is 0 Å². The summed E-state index contributed by atoms with van der Waals surface area (Å²) in [5, 5.41) is 2.64. The van der Waals surface area contributed by atoms with Gasteiger partial charge in [-0.3, -0.25) is 10.3 Å². The van der Waals surface area contributed by atoms with Gasteiger partial charge in [0.15, 0.2) is 0 Å². The fourth-order valence-corrected chi connectivity index (χ4v) is 1.25. The fourth-order valence-electron chi connectivity index (χ4n) is 1.25. The molecule has 0 aromatic carbocycles. The lowest BCUT2D eigenvalue weighted by molar-refractivity contribution is 0.0635. The van der Waals surface area contributed by atoms with Crippen LogP contribution in [0.4, 0.5) is 10.5 Å². The molecule has 0 aliphatic heterocycles. The maximum atomic E-state index is 11.6. The number of anilines is 1. The van der Waals surface area contributed by atoms with Crippen molar-refractivity contribution in [2.24, 2.45) is 0 Å². The molecular formula is C12H18N2O3. The van der Waals surface area contributed by atoms with Crippen molar-refractivity contribution in [3.05, 3.63) is 18.0 Å². The standard InChI is InChI=1S/C12H18N2O3/c1-8-9(6-13-7-10(8)16-5)14-11(15)17-12(2,3)4/h6-7H,1-5H3,(H,14,15). The Labute approximate surface area is 101 Å². The molecule has 1 aromatic rings. The van der Waals surface area contributed by atoms with Crippen molar-refractivity contribution in [3.63, 3.8) is 0 Å². The lowest BCUT2D eigenvalue weighted by Gasteiger charge is -2.20. The molecule has 0 aliphatic rings. The van der Waals surface area contributed by atoms with E-state index in [1.54, 1.807) is 19.5 Å². The zero-order chi connectivity index (χ0) is 13.1. The summed E-state index contributed by atoms with van der Waals surface area (Å²) < 4.78 is 10.3. The van der Waals surface area contributed by atoms with Gasteiger partial charge in [-0.1, -0.05) is 0 Å². The molecule has 1 rings (SSSR count). The second-order valence-electron chi connectivity index (χ2n) is 4.64. The molecule has 0 aliphatic carbocycles. The van der Waals surface area contributed by atoms with Crippen molar-refractivity contribution < 1.29 is 14.3 Å². The molecule has 0 radical (unpaired) electrons. The van der Waals surface area contributed by atoms with Gasteiger partial charge in [0.25, 0.3) is 0 Å². The van der Waals surface area contributed by atoms with Crippen LogP contribution in [-0.4, -0.2) is 23.8 Å². The first-order valence-electron chi connectivity index (χ1n) is 5.32. The van der Waals surface area contributed by atoms with E-state index in [9.17, 15) is 4.79 Å². The minimum atomic E-state index is -0.524. The van der Waals surface area contributed by atoms with Crippen LogP contribution in [0.15, 0.2) is 12.4 Å². The molecule has 5 nitrogen and oxygen atoms in total. The molecule has 0 fully saturated rings. The van der Waals surface area contributed by atoms with Crippen LogP contribution in [-0.2, 0) is 4.74 Å². The van der Waals surface area contributed by atoms with Crippen LogP contribution in [0.5, 0.6) is 5.75 Å². The Balaban J connectivity index is 2.79. The van der Waals surface area contributed by atoms with E-state index < -0.39 is 11.7 Å². The van der Waals surface area contributed by atoms with Crippen LogP contribution in [0.2, 0.25) is 0 Å². The van der Waals surface area contributed by atoms with Crippen LogP contribution in [0, 0.1) is 6.92 Å². The number of hydrogen-bond donors (Lipinski definition) is 1. The van der Waals surface area contributed by atoms with Crippen LogP contribution in [0.3, 0.4) is 0 Å². The van der Waals surface area contributed by atoms with Crippen molar-refractivity contribution in [1.82, 2.24) is 4.98 Å². The lowest BCUT2D eigenvalue weighted by Crippen LogP contribution is -2.27. The minimum absolute atomic E-state index is 0.504. The highest BCUT2D eigenvalue weighted by Gasteiger charge is 2.17. The maximum absolute atomic E-state index is 11.6. The Morgan fingerprint density at radius 3 is 2.53 bits per heavy atom. The summed E-state index contributed by atoms with van der Waals surface area (Å²) in [6, 6.07) is 0. The summed E-state index contributed by atoms with van der Waals surface area (Å²) in [7, 11) is 1.56. The van der Waals surface area contributed by atoms with Gasteiger partial charge in [-0.25, -0.2) is 4.79 Å². The SMILES string of the molecule is COc1cncc(NC(=O)OC(C)(C)C)c1C. The highest BCUT2D eigenvalue weighted by Crippen LogP contribution is 2.23. The second-order valence-corrected chi connectivity index (χ2v) is 4.64. The Bertz CT molecular complexity index is 411. The van der Waals surface area contributed by atoms with Crippen molar-refractivity contribution in [3.8, 4) is 5.75 Å². The third-order valence-electron chi connectivity index (χ3n) is 2.02. The molecule has 0 bridgehead atoms. The number of ether oxygens (including phenoxy) is 2. The van der Waals surface area contributed by atoms with Gasteiger partial charge in [0.1, 0.15) is 11.4 Å². The number of pyridine rings is 1. The number of amides is 1. The highest BCUT2D eigenvalue weighted by molar-refractivity contribution is 5.86. The van der Waals surface area contributed by atoms with Crippen molar-refractivity contribution in [1.29, 1.82) is 0 Å². The van der Waals surface area contributed by atoms with Gasteiger partial charge in [-0.15, -0.1) is 0 Å². The largest absolute Gasteiger partial charge is 0.495 e. The molecule has 5 heteroatoms. The highest BCUT2D eigenvalue weighted by atomic mass is 16.6. The van der Waals surface area contributed by atoms with Crippen molar-refractivity contribution >= 4 is 11.8 Å². The minimum Gasteiger partial charge on any atom is -0.495 e. The van der Waals surface area contributed by atoms with Crippen molar-refractivity contribution in [2.45, 2.75) is 33.3 Å². The Hall–Kier alpha value is -1.78. The van der Waals surface area contributed by atoms with Gasteiger partial charge in [0.05, 0.1) is 25.2 Å². The Morgan fingerprint density at radius 1 is 1.35 bits per heavy atom. The molecule has 1 aromatic heterocycles. The summed E-state index contributed by atoms with van der Waals surface area (Å²) in [4.78, 5) is 15.5. The summed E-state index contributed by atoms with van der Waals surface area (Å²) in [6.07, 6.45) is 2.65. The van der Waals surface area contributed by atoms with E-state index in [2.05, 4.69) is 10.3 Å². The topological polar surface area (TPSA) is 60.5 Å². The predicted molar refractivity (Wildman–Crippen MR) is 65.4 cm³/mol. The third kappa shape index (κ3) is 3.94. The fraction of sp³-hybridized carbons (Fsp3) is 0.500. The van der Waals surface area contributed by atoms with Crippen LogP contribution < -0.4 is 10.1 Å². The molecule has 17 heavy (non-hydrogen) atoms. The quantitative estimate of drug-likeness (QED) is 0.860. The van der Waals surface area contributed by atoms with E-state index in [0.717, 1.165) is 5.56 Å². The van der Waals surface area contributed by atoms with Gasteiger partial charge in [0, 0.05) is 5.56 Å². The number of carbonyl (C=O) groups excluding carboxylic acids is 1.